The highest BCUT2D eigenvalue weighted by Crippen LogP contribution is 2.62. The SMILES string of the molecule is C=COC(=O)N1CC[C@]23c4c5ccc(O)c4O[C@H]2[C@@H](O)C=C[C@H]3[C@H]1C5. The summed E-state index contributed by atoms with van der Waals surface area (Å²) in [5.74, 6) is 0.624. The lowest BCUT2D eigenvalue weighted by molar-refractivity contribution is -0.0460. The number of benzene rings is 1. The van der Waals surface area contributed by atoms with Gasteiger partial charge in [-0.1, -0.05) is 24.8 Å². The molecule has 1 aromatic carbocycles. The van der Waals surface area contributed by atoms with Crippen molar-refractivity contribution in [1.82, 2.24) is 4.90 Å². The average Bonchev–Trinajstić information content (AvgIpc) is 2.94. The molecule has 2 bridgehead atoms. The summed E-state index contributed by atoms with van der Waals surface area (Å²) in [5.41, 5.74) is 1.67. The van der Waals surface area contributed by atoms with Crippen molar-refractivity contribution >= 4 is 6.09 Å². The van der Waals surface area contributed by atoms with Crippen molar-refractivity contribution in [2.45, 2.75) is 36.5 Å². The zero-order valence-corrected chi connectivity index (χ0v) is 13.6. The first-order chi connectivity index (χ1) is 12.1. The van der Waals surface area contributed by atoms with E-state index in [1.165, 1.54) is 0 Å². The highest BCUT2D eigenvalue weighted by Gasteiger charge is 2.65. The summed E-state index contributed by atoms with van der Waals surface area (Å²) < 4.78 is 11.1. The highest BCUT2D eigenvalue weighted by molar-refractivity contribution is 5.71. The van der Waals surface area contributed by atoms with E-state index in [9.17, 15) is 15.0 Å². The lowest BCUT2D eigenvalue weighted by Gasteiger charge is -2.56. The molecule has 0 aromatic heterocycles. The van der Waals surface area contributed by atoms with Gasteiger partial charge >= 0.3 is 6.09 Å². The molecule has 130 valence electrons. The van der Waals surface area contributed by atoms with Crippen molar-refractivity contribution in [3.63, 3.8) is 0 Å². The monoisotopic (exact) mass is 341 g/mol. The van der Waals surface area contributed by atoms with Crippen molar-refractivity contribution in [3.05, 3.63) is 48.3 Å². The average molecular weight is 341 g/mol. The summed E-state index contributed by atoms with van der Waals surface area (Å²) in [5, 5.41) is 20.8. The van der Waals surface area contributed by atoms with Gasteiger partial charge in [-0.2, -0.15) is 0 Å². The molecule has 2 aliphatic heterocycles. The van der Waals surface area contributed by atoms with Crippen LogP contribution in [0.1, 0.15) is 17.5 Å². The molecule has 6 nitrogen and oxygen atoms in total. The fraction of sp³-hybridized carbons (Fsp3) is 0.421. The summed E-state index contributed by atoms with van der Waals surface area (Å²) in [7, 11) is 0. The van der Waals surface area contributed by atoms with Crippen LogP contribution in [-0.2, 0) is 16.6 Å². The molecule has 1 saturated heterocycles. The van der Waals surface area contributed by atoms with Gasteiger partial charge in [0.1, 0.15) is 12.2 Å². The number of phenolic OH excluding ortho intramolecular Hbond substituents is 1. The van der Waals surface area contributed by atoms with E-state index in [-0.39, 0.29) is 17.7 Å². The first-order valence-corrected chi connectivity index (χ1v) is 8.54. The smallest absolute Gasteiger partial charge is 0.414 e. The van der Waals surface area contributed by atoms with Gasteiger partial charge in [0.15, 0.2) is 11.5 Å². The number of piperidine rings is 1. The van der Waals surface area contributed by atoms with Crippen LogP contribution < -0.4 is 4.74 Å². The molecule has 1 fully saturated rings. The molecule has 5 rings (SSSR count). The standard InChI is InChI=1S/C19H19NO5/c1-2-24-18(23)20-8-7-19-11-4-6-14(22)17(19)25-16-13(21)5-3-10(15(16)19)9-12(11)20/h2-6,11-12,14,17,21-22H,1,7-9H2/t11-,12+,14-,17-,19-/m0/s1. The zero-order chi connectivity index (χ0) is 17.3. The molecule has 0 radical (unpaired) electrons. The number of rotatable bonds is 1. The van der Waals surface area contributed by atoms with Crippen molar-refractivity contribution in [3.8, 4) is 11.5 Å². The summed E-state index contributed by atoms with van der Waals surface area (Å²) in [6.45, 7) is 3.98. The largest absolute Gasteiger partial charge is 0.504 e. The van der Waals surface area contributed by atoms with E-state index in [0.717, 1.165) is 17.4 Å². The molecule has 1 spiro atoms. The van der Waals surface area contributed by atoms with Crippen molar-refractivity contribution in [1.29, 1.82) is 0 Å². The van der Waals surface area contributed by atoms with Crippen LogP contribution in [0.2, 0.25) is 0 Å². The van der Waals surface area contributed by atoms with Gasteiger partial charge in [0.2, 0.25) is 0 Å². The number of phenols is 1. The van der Waals surface area contributed by atoms with E-state index in [4.69, 9.17) is 9.47 Å². The molecular formula is C19H19NO5. The molecule has 0 saturated carbocycles. The number of hydrogen-bond donors (Lipinski definition) is 2. The first-order valence-electron chi connectivity index (χ1n) is 8.54. The third kappa shape index (κ3) is 1.65. The number of aliphatic hydroxyl groups is 1. The number of aliphatic hydroxyl groups excluding tert-OH is 1. The summed E-state index contributed by atoms with van der Waals surface area (Å²) in [4.78, 5) is 14.1. The molecule has 2 aliphatic carbocycles. The van der Waals surface area contributed by atoms with Gasteiger partial charge in [0.05, 0.1) is 6.26 Å². The van der Waals surface area contributed by atoms with Gasteiger partial charge in [-0.05, 0) is 24.5 Å². The van der Waals surface area contributed by atoms with Crippen molar-refractivity contribution < 1.29 is 24.5 Å². The van der Waals surface area contributed by atoms with E-state index in [1.54, 1.807) is 17.0 Å². The highest BCUT2D eigenvalue weighted by atomic mass is 16.5. The van der Waals surface area contributed by atoms with Gasteiger partial charge in [-0.15, -0.1) is 0 Å². The molecular weight excluding hydrogens is 322 g/mol. The summed E-state index contributed by atoms with van der Waals surface area (Å²) in [6, 6.07) is 3.46. The quantitative estimate of drug-likeness (QED) is 0.602. The van der Waals surface area contributed by atoms with Gasteiger partial charge in [0.25, 0.3) is 0 Å². The lowest BCUT2D eigenvalue weighted by Crippen LogP contribution is -2.66. The van der Waals surface area contributed by atoms with Gasteiger partial charge < -0.3 is 24.6 Å². The van der Waals surface area contributed by atoms with E-state index in [1.807, 2.05) is 12.1 Å². The fourth-order valence-corrected chi connectivity index (χ4v) is 5.42. The Morgan fingerprint density at radius 3 is 3.08 bits per heavy atom. The Bertz CT molecular complexity index is 818. The van der Waals surface area contributed by atoms with E-state index >= 15 is 0 Å². The minimum Gasteiger partial charge on any atom is -0.504 e. The normalized spacial score (nSPS) is 36.4. The number of hydrogen-bond acceptors (Lipinski definition) is 5. The van der Waals surface area contributed by atoms with Crippen LogP contribution in [0.4, 0.5) is 4.79 Å². The van der Waals surface area contributed by atoms with Crippen LogP contribution in [0.15, 0.2) is 37.1 Å². The number of nitrogens with zero attached hydrogens (tertiary/aromatic N) is 1. The Morgan fingerprint density at radius 1 is 1.44 bits per heavy atom. The van der Waals surface area contributed by atoms with Gasteiger partial charge in [-0.3, -0.25) is 0 Å². The number of amides is 1. The van der Waals surface area contributed by atoms with Crippen LogP contribution >= 0.6 is 0 Å². The molecule has 2 N–H and O–H groups in total. The first kappa shape index (κ1) is 14.8. The molecule has 1 amide bonds. The second kappa shape index (κ2) is 4.79. The lowest BCUT2D eigenvalue weighted by atomic mass is 9.53. The maximum atomic E-state index is 12.4. The molecule has 5 atom stereocenters. The number of ether oxygens (including phenoxy) is 2. The summed E-state index contributed by atoms with van der Waals surface area (Å²) >= 11 is 0. The van der Waals surface area contributed by atoms with Crippen molar-refractivity contribution in [2.24, 2.45) is 5.92 Å². The maximum absolute atomic E-state index is 12.4. The van der Waals surface area contributed by atoms with Crippen LogP contribution in [0.3, 0.4) is 0 Å². The minimum atomic E-state index is -0.735. The molecule has 4 aliphatic rings. The Balaban J connectivity index is 1.70. The van der Waals surface area contributed by atoms with Crippen molar-refractivity contribution in [2.75, 3.05) is 6.54 Å². The van der Waals surface area contributed by atoms with Gasteiger partial charge in [0, 0.05) is 29.5 Å². The van der Waals surface area contributed by atoms with Gasteiger partial charge in [-0.25, -0.2) is 4.79 Å². The van der Waals surface area contributed by atoms with E-state index < -0.39 is 23.7 Å². The molecule has 0 unspecified atom stereocenters. The number of carbonyl (C=O) groups excluding carboxylic acids is 1. The maximum Gasteiger partial charge on any atom is 0.414 e. The zero-order valence-electron chi connectivity index (χ0n) is 13.6. The topological polar surface area (TPSA) is 79.2 Å². The van der Waals surface area contributed by atoms with E-state index in [0.29, 0.717) is 25.1 Å². The summed E-state index contributed by atoms with van der Waals surface area (Å²) in [6.07, 6.45) is 4.65. The number of likely N-dealkylation sites (tertiary alicyclic amines) is 1. The molecule has 1 aromatic rings. The third-order valence-electron chi connectivity index (χ3n) is 6.29. The second-order valence-electron chi connectivity index (χ2n) is 7.19. The minimum absolute atomic E-state index is 0.0163. The van der Waals surface area contributed by atoms with Crippen LogP contribution in [0.25, 0.3) is 0 Å². The number of carbonyl (C=O) groups is 1. The Labute approximate surface area is 145 Å². The van der Waals surface area contributed by atoms with Crippen LogP contribution in [0, 0.1) is 5.92 Å². The van der Waals surface area contributed by atoms with E-state index in [2.05, 4.69) is 6.58 Å². The molecule has 2 heterocycles. The third-order valence-corrected chi connectivity index (χ3v) is 6.29. The number of aromatic hydroxyl groups is 1. The fourth-order valence-electron chi connectivity index (χ4n) is 5.42. The van der Waals surface area contributed by atoms with Crippen LogP contribution in [0.5, 0.6) is 11.5 Å². The Morgan fingerprint density at radius 2 is 2.28 bits per heavy atom. The predicted octanol–water partition coefficient (Wildman–Crippen LogP) is 1.85. The predicted molar refractivity (Wildman–Crippen MR) is 88.3 cm³/mol. The van der Waals surface area contributed by atoms with Crippen LogP contribution in [-0.4, -0.2) is 46.0 Å². The Kier molecular flexibility index (Phi) is 2.84. The second-order valence-corrected chi connectivity index (χ2v) is 7.19. The Hall–Kier alpha value is -2.47. The molecule has 6 heteroatoms. The molecule has 25 heavy (non-hydrogen) atoms.